The van der Waals surface area contributed by atoms with Gasteiger partial charge >= 0.3 is 0 Å². The summed E-state index contributed by atoms with van der Waals surface area (Å²) in [5, 5.41) is 75.6. The van der Waals surface area contributed by atoms with E-state index in [0.29, 0.717) is 19.3 Å². The maximum atomic E-state index is 15.0. The number of ether oxygens (including phenoxy) is 5. The van der Waals surface area contributed by atoms with Gasteiger partial charge in [0.25, 0.3) is 0 Å². The highest BCUT2D eigenvalue weighted by molar-refractivity contribution is 6.02. The first kappa shape index (κ1) is 42.1. The van der Waals surface area contributed by atoms with Crippen LogP contribution in [0.25, 0.3) is 0 Å². The Morgan fingerprint density at radius 3 is 2.20 bits per heavy atom. The first-order chi connectivity index (χ1) is 25.9. The van der Waals surface area contributed by atoms with Crippen LogP contribution in [0, 0.1) is 39.4 Å². The number of Topliss-reactive ketones (excluding diaryl/α,β-unsaturated/α-hetero) is 2. The molecule has 56 heavy (non-hydrogen) atoms. The van der Waals surface area contributed by atoms with Crippen LogP contribution in [0.2, 0.25) is 0 Å². The van der Waals surface area contributed by atoms with Gasteiger partial charge in [-0.05, 0) is 77.2 Å². The molecule has 14 heteroatoms. The molecule has 2 saturated carbocycles. The molecule has 0 bridgehead atoms. The number of hydrogen-bond acceptors (Lipinski definition) is 14. The predicted molar refractivity (Wildman–Crippen MR) is 198 cm³/mol. The molecule has 3 aliphatic heterocycles. The van der Waals surface area contributed by atoms with Crippen LogP contribution in [-0.4, -0.2) is 133 Å². The number of allylic oxidation sites excluding steroid dienone is 5. The first-order valence-corrected chi connectivity index (χ1v) is 20.1. The van der Waals surface area contributed by atoms with E-state index in [-0.39, 0.29) is 42.0 Å². The van der Waals surface area contributed by atoms with Crippen molar-refractivity contribution in [2.75, 3.05) is 6.61 Å². The van der Waals surface area contributed by atoms with E-state index < -0.39 is 107 Å². The van der Waals surface area contributed by atoms with Crippen LogP contribution in [0.1, 0.15) is 88.0 Å². The molecule has 0 unspecified atom stereocenters. The minimum absolute atomic E-state index is 0.0222. The van der Waals surface area contributed by atoms with Crippen molar-refractivity contribution in [2.45, 2.75) is 167 Å². The van der Waals surface area contributed by atoms with Gasteiger partial charge in [-0.25, -0.2) is 0 Å². The van der Waals surface area contributed by atoms with Crippen LogP contribution in [0.5, 0.6) is 0 Å². The second-order valence-electron chi connectivity index (χ2n) is 19.4. The standard InChI is InChI=1S/C42H62O14/c1-18(2)12-20-14-41(8,51)34-24(53-20)15-39(6)26-11-10-21-22(42(26,9)27(44)16-40(34,39)7)13-23(35(50)38(21,4)5)54-37-33(31(48)29(46)25(17-43)55-37)56-36-32(49)30(47)28(45)19(3)52-36/h10,12-13,19-20,22,24-26,28-34,36-37,43,45-49,51H,11,14-17H2,1-9H3/t19-,20+,22+,24+,25+,26-,28-,29+,30+,31-,32+,33+,34-,36-,37+,39-,40+,41-,42-/m0/s1. The largest absolute Gasteiger partial charge is 0.459 e. The van der Waals surface area contributed by atoms with E-state index in [2.05, 4.69) is 26.0 Å². The number of fused-ring (bicyclic) bond motifs is 7. The quantitative estimate of drug-likeness (QED) is 0.190. The fraction of sp³-hybridized carbons (Fsp3) is 0.810. The number of aliphatic hydroxyl groups is 7. The van der Waals surface area contributed by atoms with Crippen molar-refractivity contribution in [1.82, 2.24) is 0 Å². The summed E-state index contributed by atoms with van der Waals surface area (Å²) in [4.78, 5) is 29.4. The molecule has 7 aliphatic rings. The molecule has 0 aromatic rings. The molecule has 7 rings (SSSR count). The third kappa shape index (κ3) is 6.07. The topological polar surface area (TPSA) is 222 Å². The Labute approximate surface area is 328 Å². The van der Waals surface area contributed by atoms with Gasteiger partial charge in [-0.2, -0.15) is 0 Å². The zero-order chi connectivity index (χ0) is 41.2. The molecule has 7 N–H and O–H groups in total. The molecule has 5 fully saturated rings. The van der Waals surface area contributed by atoms with Gasteiger partial charge < -0.3 is 59.4 Å². The van der Waals surface area contributed by atoms with Gasteiger partial charge in [-0.15, -0.1) is 0 Å². The highest BCUT2D eigenvalue weighted by Crippen LogP contribution is 2.75. The average Bonchev–Trinajstić information content (AvgIpc) is 3.34. The Bertz CT molecular complexity index is 1680. The van der Waals surface area contributed by atoms with Crippen molar-refractivity contribution in [3.63, 3.8) is 0 Å². The number of ketones is 2. The van der Waals surface area contributed by atoms with E-state index in [1.807, 2.05) is 27.7 Å². The summed E-state index contributed by atoms with van der Waals surface area (Å²) < 4.78 is 30.5. The molecule has 314 valence electrons. The van der Waals surface area contributed by atoms with Gasteiger partial charge in [-0.1, -0.05) is 44.1 Å². The summed E-state index contributed by atoms with van der Waals surface area (Å²) >= 11 is 0. The Morgan fingerprint density at radius 1 is 0.875 bits per heavy atom. The van der Waals surface area contributed by atoms with E-state index >= 15 is 0 Å². The van der Waals surface area contributed by atoms with Gasteiger partial charge in [0.2, 0.25) is 12.1 Å². The lowest BCUT2D eigenvalue weighted by atomic mass is 9.39. The SMILES string of the molecule is CC(C)=C[C@@H]1C[C@](C)(O)[C@H]2[C@@H](C[C@@]3(C)[C@@H]4CC=C5[C@@H](C=C(O[C@@H]6O[C@H](CO)[C@@H](O)[C@H](O)[C@H]6O[C@@H]6O[C@@H](C)[C@H](O)[C@@H](O)[C@H]6O)C(=O)C5(C)C)[C@]4(C)C(=O)C[C@]23C)O1. The monoisotopic (exact) mass is 790 g/mol. The van der Waals surface area contributed by atoms with E-state index in [1.54, 1.807) is 19.9 Å². The van der Waals surface area contributed by atoms with Crippen molar-refractivity contribution >= 4 is 11.6 Å². The molecular formula is C42H62O14. The lowest BCUT2D eigenvalue weighted by Gasteiger charge is -2.64. The van der Waals surface area contributed by atoms with Crippen LogP contribution in [-0.2, 0) is 33.3 Å². The number of carbonyl (C=O) groups excluding carboxylic acids is 2. The predicted octanol–water partition coefficient (Wildman–Crippen LogP) is 1.60. The van der Waals surface area contributed by atoms with Crippen molar-refractivity contribution in [3.05, 3.63) is 35.1 Å². The van der Waals surface area contributed by atoms with E-state index in [9.17, 15) is 45.3 Å². The smallest absolute Gasteiger partial charge is 0.229 e. The van der Waals surface area contributed by atoms with Gasteiger partial charge in [-0.3, -0.25) is 9.59 Å². The minimum atomic E-state index is -1.78. The summed E-state index contributed by atoms with van der Waals surface area (Å²) in [6, 6.07) is 0. The zero-order valence-electron chi connectivity index (χ0n) is 33.9. The van der Waals surface area contributed by atoms with Gasteiger partial charge in [0.1, 0.15) is 42.4 Å². The summed E-state index contributed by atoms with van der Waals surface area (Å²) in [5.74, 6) is -1.63. The maximum Gasteiger partial charge on any atom is 0.229 e. The molecule has 0 amide bonds. The second kappa shape index (κ2) is 14.0. The van der Waals surface area contributed by atoms with Crippen LogP contribution < -0.4 is 0 Å². The molecular weight excluding hydrogens is 728 g/mol. The summed E-state index contributed by atoms with van der Waals surface area (Å²) in [6.45, 7) is 16.5. The second-order valence-corrected chi connectivity index (χ2v) is 19.4. The first-order valence-electron chi connectivity index (χ1n) is 20.1. The van der Waals surface area contributed by atoms with E-state index in [1.165, 1.54) is 6.92 Å². The number of carbonyl (C=O) groups is 2. The molecule has 0 aromatic heterocycles. The molecule has 3 saturated heterocycles. The zero-order valence-corrected chi connectivity index (χ0v) is 33.9. The Balaban J connectivity index is 1.24. The van der Waals surface area contributed by atoms with Crippen molar-refractivity contribution in [3.8, 4) is 0 Å². The highest BCUT2D eigenvalue weighted by Gasteiger charge is 2.75. The molecule has 0 spiro atoms. The molecule has 0 aromatic carbocycles. The van der Waals surface area contributed by atoms with Gasteiger partial charge in [0, 0.05) is 30.1 Å². The van der Waals surface area contributed by atoms with Crippen LogP contribution in [0.4, 0.5) is 0 Å². The summed E-state index contributed by atoms with van der Waals surface area (Å²) in [6.07, 6.45) is -8.40. The maximum absolute atomic E-state index is 15.0. The van der Waals surface area contributed by atoms with E-state index in [0.717, 1.165) is 11.1 Å². The molecule has 3 heterocycles. The fourth-order valence-corrected chi connectivity index (χ4v) is 12.2. The van der Waals surface area contributed by atoms with Crippen molar-refractivity contribution in [1.29, 1.82) is 0 Å². The minimum Gasteiger partial charge on any atom is -0.459 e. The van der Waals surface area contributed by atoms with Gasteiger partial charge in [0.15, 0.2) is 18.2 Å². The third-order valence-electron chi connectivity index (χ3n) is 15.3. The van der Waals surface area contributed by atoms with Crippen LogP contribution >= 0.6 is 0 Å². The van der Waals surface area contributed by atoms with Crippen molar-refractivity contribution in [2.24, 2.45) is 39.4 Å². The Morgan fingerprint density at radius 2 is 1.55 bits per heavy atom. The molecule has 14 nitrogen and oxygen atoms in total. The van der Waals surface area contributed by atoms with Crippen molar-refractivity contribution < 1.29 is 69.0 Å². The van der Waals surface area contributed by atoms with Crippen LogP contribution in [0.3, 0.4) is 0 Å². The Hall–Kier alpha value is -2.08. The summed E-state index contributed by atoms with van der Waals surface area (Å²) in [5.41, 5.74) is -2.36. The normalized spacial score (nSPS) is 52.5. The number of hydrogen-bond donors (Lipinski definition) is 7. The molecule has 4 aliphatic carbocycles. The number of aliphatic hydroxyl groups excluding tert-OH is 6. The molecule has 19 atom stereocenters. The summed E-state index contributed by atoms with van der Waals surface area (Å²) in [7, 11) is 0. The van der Waals surface area contributed by atoms with E-state index in [4.69, 9.17) is 23.7 Å². The number of rotatable bonds is 6. The highest BCUT2D eigenvalue weighted by atomic mass is 16.8. The molecule has 0 radical (unpaired) electrons. The Kier molecular flexibility index (Phi) is 10.5. The fourth-order valence-electron chi connectivity index (χ4n) is 12.2. The average molecular weight is 791 g/mol. The van der Waals surface area contributed by atoms with Crippen LogP contribution in [0.15, 0.2) is 35.1 Å². The van der Waals surface area contributed by atoms with Gasteiger partial charge in [0.05, 0.1) is 35.9 Å². The lowest BCUT2D eigenvalue weighted by Crippen LogP contribution is -2.65. The third-order valence-corrected chi connectivity index (χ3v) is 15.3. The lowest BCUT2D eigenvalue weighted by molar-refractivity contribution is -0.360.